The molecule has 6 heteroatoms. The number of likely N-dealkylation sites (tertiary alicyclic amines) is 2. The van der Waals surface area contributed by atoms with Crippen LogP contribution in [0.5, 0.6) is 0 Å². The van der Waals surface area contributed by atoms with Crippen molar-refractivity contribution in [1.29, 1.82) is 0 Å². The van der Waals surface area contributed by atoms with E-state index in [9.17, 15) is 0 Å². The van der Waals surface area contributed by atoms with Gasteiger partial charge in [-0.2, -0.15) is 11.3 Å². The second-order valence-corrected chi connectivity index (χ2v) is 12.3. The number of thiophene rings is 1. The first-order valence-electron chi connectivity index (χ1n) is 12.5. The minimum absolute atomic E-state index is 0.0695. The third-order valence-corrected chi connectivity index (χ3v) is 8.76. The minimum atomic E-state index is -0.0695. The molecule has 0 N–H and O–H groups in total. The predicted octanol–water partition coefficient (Wildman–Crippen LogP) is 7.35. The molecule has 0 saturated carbocycles. The Balaban J connectivity index is 1.34. The zero-order valence-corrected chi connectivity index (χ0v) is 22.8. The van der Waals surface area contributed by atoms with Crippen molar-refractivity contribution in [1.82, 2.24) is 9.80 Å². The minimum Gasteiger partial charge on any atom is -0.372 e. The van der Waals surface area contributed by atoms with Gasteiger partial charge < -0.3 is 9.64 Å². The number of piperidine rings is 1. The fourth-order valence-electron chi connectivity index (χ4n) is 5.77. The number of ether oxygens (including phenoxy) is 1. The first kappa shape index (κ1) is 26.2. The van der Waals surface area contributed by atoms with Crippen molar-refractivity contribution in [2.45, 2.75) is 51.2 Å². The molecule has 0 bridgehead atoms. The molecule has 2 aliphatic heterocycles. The molecule has 0 radical (unpaired) electrons. The van der Waals surface area contributed by atoms with Crippen LogP contribution in [0.4, 0.5) is 0 Å². The molecule has 3 heterocycles. The van der Waals surface area contributed by atoms with Crippen LogP contribution in [0.25, 0.3) is 0 Å². The van der Waals surface area contributed by atoms with Crippen LogP contribution >= 0.6 is 34.5 Å². The van der Waals surface area contributed by atoms with Crippen molar-refractivity contribution >= 4 is 34.5 Å². The SMILES string of the molecule is C=CCOC(C)(C)CC1CCN(C[C@H]2CN(Cc3ccc(Cl)cc3Cl)C[C@@H]2c2ccsc2)CC1. The lowest BCUT2D eigenvalue weighted by Gasteiger charge is -2.37. The highest BCUT2D eigenvalue weighted by Gasteiger charge is 2.36. The van der Waals surface area contributed by atoms with Gasteiger partial charge in [0.25, 0.3) is 0 Å². The lowest BCUT2D eigenvalue weighted by molar-refractivity contribution is -0.0262. The summed E-state index contributed by atoms with van der Waals surface area (Å²) in [5.41, 5.74) is 2.59. The zero-order valence-electron chi connectivity index (χ0n) is 20.5. The molecule has 34 heavy (non-hydrogen) atoms. The van der Waals surface area contributed by atoms with E-state index < -0.39 is 0 Å². The maximum Gasteiger partial charge on any atom is 0.0652 e. The van der Waals surface area contributed by atoms with Crippen molar-refractivity contribution < 1.29 is 4.74 Å². The Morgan fingerprint density at radius 2 is 1.94 bits per heavy atom. The predicted molar refractivity (Wildman–Crippen MR) is 146 cm³/mol. The van der Waals surface area contributed by atoms with Gasteiger partial charge in [0.15, 0.2) is 0 Å². The monoisotopic (exact) mass is 520 g/mol. The molecule has 2 saturated heterocycles. The van der Waals surface area contributed by atoms with Crippen molar-refractivity contribution in [2.24, 2.45) is 11.8 Å². The fraction of sp³-hybridized carbons (Fsp3) is 0.571. The zero-order chi connectivity index (χ0) is 24.1. The number of hydrogen-bond donors (Lipinski definition) is 0. The van der Waals surface area contributed by atoms with E-state index in [4.69, 9.17) is 27.9 Å². The molecule has 2 aliphatic rings. The van der Waals surface area contributed by atoms with E-state index in [1.807, 2.05) is 29.5 Å². The van der Waals surface area contributed by atoms with Crippen LogP contribution < -0.4 is 0 Å². The molecule has 3 nitrogen and oxygen atoms in total. The Bertz CT molecular complexity index is 924. The van der Waals surface area contributed by atoms with Gasteiger partial charge in [0.1, 0.15) is 0 Å². The molecule has 4 rings (SSSR count). The Hall–Kier alpha value is -0.880. The first-order valence-corrected chi connectivity index (χ1v) is 14.2. The lowest BCUT2D eigenvalue weighted by Crippen LogP contribution is -2.40. The number of hydrogen-bond acceptors (Lipinski definition) is 4. The summed E-state index contributed by atoms with van der Waals surface area (Å²) in [5.74, 6) is 1.97. The number of benzene rings is 1. The molecule has 2 fully saturated rings. The summed E-state index contributed by atoms with van der Waals surface area (Å²) < 4.78 is 5.99. The lowest BCUT2D eigenvalue weighted by atomic mass is 9.85. The summed E-state index contributed by atoms with van der Waals surface area (Å²) >= 11 is 14.4. The number of rotatable bonds is 10. The molecule has 186 valence electrons. The van der Waals surface area contributed by atoms with Gasteiger partial charge in [0.05, 0.1) is 12.2 Å². The highest BCUT2D eigenvalue weighted by Crippen LogP contribution is 2.37. The molecule has 0 amide bonds. The molecule has 2 aromatic rings. The van der Waals surface area contributed by atoms with Gasteiger partial charge in [-0.15, -0.1) is 6.58 Å². The van der Waals surface area contributed by atoms with Crippen LogP contribution in [0.1, 0.15) is 50.2 Å². The third-order valence-electron chi connectivity index (χ3n) is 7.47. The van der Waals surface area contributed by atoms with Crippen LogP contribution in [-0.2, 0) is 11.3 Å². The summed E-state index contributed by atoms with van der Waals surface area (Å²) in [6.45, 7) is 15.5. The van der Waals surface area contributed by atoms with Crippen LogP contribution in [0.3, 0.4) is 0 Å². The van der Waals surface area contributed by atoms with Gasteiger partial charge in [-0.05, 0) is 98.1 Å². The fourth-order valence-corrected chi connectivity index (χ4v) is 6.97. The molecular formula is C28H38Cl2N2OS. The quantitative estimate of drug-likeness (QED) is 0.304. The highest BCUT2D eigenvalue weighted by molar-refractivity contribution is 7.08. The van der Waals surface area contributed by atoms with Crippen LogP contribution in [0.2, 0.25) is 10.0 Å². The van der Waals surface area contributed by atoms with Crippen molar-refractivity contribution in [2.75, 3.05) is 39.3 Å². The van der Waals surface area contributed by atoms with Crippen LogP contribution in [0.15, 0.2) is 47.7 Å². The van der Waals surface area contributed by atoms with Gasteiger partial charge in [0.2, 0.25) is 0 Å². The second-order valence-electron chi connectivity index (χ2n) is 10.7. The van der Waals surface area contributed by atoms with E-state index in [1.54, 1.807) is 0 Å². The topological polar surface area (TPSA) is 15.7 Å². The molecule has 0 spiro atoms. The van der Waals surface area contributed by atoms with Gasteiger partial charge in [0, 0.05) is 42.1 Å². The number of nitrogens with zero attached hydrogens (tertiary/aromatic N) is 2. The third kappa shape index (κ3) is 7.09. The average molecular weight is 522 g/mol. The Morgan fingerprint density at radius 1 is 1.15 bits per heavy atom. The maximum absolute atomic E-state index is 6.49. The van der Waals surface area contributed by atoms with Gasteiger partial charge in [-0.25, -0.2) is 0 Å². The average Bonchev–Trinajstić information content (AvgIpc) is 3.45. The normalized spacial score (nSPS) is 22.9. The van der Waals surface area contributed by atoms with Crippen molar-refractivity contribution in [3.05, 3.63) is 68.9 Å². The van der Waals surface area contributed by atoms with Gasteiger partial charge in [-0.3, -0.25) is 4.90 Å². The number of halogens is 2. The summed E-state index contributed by atoms with van der Waals surface area (Å²) in [6.07, 6.45) is 5.51. The summed E-state index contributed by atoms with van der Waals surface area (Å²) in [5, 5.41) is 6.02. The Kier molecular flexibility index (Phi) is 9.17. The maximum atomic E-state index is 6.49. The van der Waals surface area contributed by atoms with E-state index in [0.29, 0.717) is 23.5 Å². The van der Waals surface area contributed by atoms with Crippen LogP contribution in [-0.4, -0.2) is 54.7 Å². The first-order chi connectivity index (χ1) is 16.3. The standard InChI is InChI=1S/C28H38Cl2N2OS/c1-4-12-33-28(2,3)15-21-7-10-31(11-8-21)17-24-18-32(19-26(24)23-9-13-34-20-23)16-22-5-6-25(29)14-27(22)30/h4-6,9,13-14,20-21,24,26H,1,7-8,10-12,15-19H2,2-3H3/t24-,26+/m0/s1. The summed E-state index contributed by atoms with van der Waals surface area (Å²) in [7, 11) is 0. The van der Waals surface area contributed by atoms with Crippen LogP contribution in [0, 0.1) is 11.8 Å². The van der Waals surface area contributed by atoms with E-state index in [-0.39, 0.29) is 5.60 Å². The molecule has 0 unspecified atom stereocenters. The largest absolute Gasteiger partial charge is 0.372 e. The Labute approximate surface area is 219 Å². The van der Waals surface area contributed by atoms with Crippen molar-refractivity contribution in [3.8, 4) is 0 Å². The Morgan fingerprint density at radius 3 is 2.62 bits per heavy atom. The van der Waals surface area contributed by atoms with Gasteiger partial charge >= 0.3 is 0 Å². The molecular weight excluding hydrogens is 483 g/mol. The summed E-state index contributed by atoms with van der Waals surface area (Å²) in [6, 6.07) is 8.19. The van der Waals surface area contributed by atoms with Crippen molar-refractivity contribution in [3.63, 3.8) is 0 Å². The second kappa shape index (κ2) is 11.9. The molecule has 2 atom stereocenters. The van der Waals surface area contributed by atoms with Gasteiger partial charge in [-0.1, -0.05) is 35.3 Å². The molecule has 1 aromatic carbocycles. The molecule has 0 aliphatic carbocycles. The van der Waals surface area contributed by atoms with E-state index in [0.717, 1.165) is 42.6 Å². The molecule has 1 aromatic heterocycles. The highest BCUT2D eigenvalue weighted by atomic mass is 35.5. The summed E-state index contributed by atoms with van der Waals surface area (Å²) in [4.78, 5) is 5.28. The smallest absolute Gasteiger partial charge is 0.0652 e. The van der Waals surface area contributed by atoms with E-state index in [2.05, 4.69) is 53.1 Å². The van der Waals surface area contributed by atoms with E-state index in [1.165, 1.54) is 38.0 Å². The van der Waals surface area contributed by atoms with E-state index >= 15 is 0 Å².